The fraction of sp³-hybridized carbons (Fsp3) is 0.312. The zero-order valence-electron chi connectivity index (χ0n) is 14.7. The second-order valence-electron chi connectivity index (χ2n) is 6.87. The number of halogens is 6. The lowest BCUT2D eigenvalue weighted by atomic mass is 9.98. The molecule has 4 heterocycles. The maximum Gasteiger partial charge on any atom is 0.453 e. The van der Waals surface area contributed by atoms with E-state index in [2.05, 4.69) is 35.1 Å². The average Bonchev–Trinajstić information content (AvgIpc) is 3.03. The van der Waals surface area contributed by atoms with E-state index in [1.807, 2.05) is 0 Å². The molecule has 4 aromatic heterocycles. The van der Waals surface area contributed by atoms with Crippen LogP contribution in [0.3, 0.4) is 0 Å². The molecule has 0 aliphatic heterocycles. The molecule has 30 heavy (non-hydrogen) atoms. The van der Waals surface area contributed by atoms with Crippen LogP contribution in [0.4, 0.5) is 26.3 Å². The number of alkyl halides is 6. The van der Waals surface area contributed by atoms with Crippen molar-refractivity contribution in [1.82, 2.24) is 39.5 Å². The molecule has 1 aliphatic rings. The highest BCUT2D eigenvalue weighted by Crippen LogP contribution is 2.58. The van der Waals surface area contributed by atoms with E-state index in [0.29, 0.717) is 5.69 Å². The van der Waals surface area contributed by atoms with Gasteiger partial charge >= 0.3 is 12.4 Å². The van der Waals surface area contributed by atoms with Crippen molar-refractivity contribution in [1.29, 1.82) is 0 Å². The van der Waals surface area contributed by atoms with Gasteiger partial charge in [0.2, 0.25) is 5.78 Å². The molecule has 156 valence electrons. The first-order chi connectivity index (χ1) is 14.1. The van der Waals surface area contributed by atoms with Crippen LogP contribution in [0.2, 0.25) is 0 Å². The lowest BCUT2D eigenvalue weighted by molar-refractivity contribution is -0.160. The van der Waals surface area contributed by atoms with Crippen LogP contribution in [0.15, 0.2) is 24.9 Å². The Kier molecular flexibility index (Phi) is 3.59. The summed E-state index contributed by atoms with van der Waals surface area (Å²) in [6.07, 6.45) is -4.36. The molecular weight excluding hydrogens is 418 g/mol. The first-order valence-corrected chi connectivity index (χ1v) is 8.54. The summed E-state index contributed by atoms with van der Waals surface area (Å²) >= 11 is 0. The molecular formula is C16H10F6N8. The number of imidazole rings is 2. The van der Waals surface area contributed by atoms with Crippen LogP contribution in [0.25, 0.3) is 28.7 Å². The van der Waals surface area contributed by atoms with Crippen LogP contribution in [-0.2, 0) is 11.6 Å². The third-order valence-electron chi connectivity index (χ3n) is 5.04. The molecule has 2 N–H and O–H groups in total. The summed E-state index contributed by atoms with van der Waals surface area (Å²) in [4.78, 5) is 18.2. The third kappa shape index (κ3) is 2.66. The fourth-order valence-electron chi connectivity index (χ4n) is 3.34. The van der Waals surface area contributed by atoms with E-state index in [9.17, 15) is 26.3 Å². The highest BCUT2D eigenvalue weighted by atomic mass is 19.4. The van der Waals surface area contributed by atoms with Gasteiger partial charge in [-0.3, -0.25) is 9.50 Å². The Bertz CT molecular complexity index is 1230. The van der Waals surface area contributed by atoms with E-state index < -0.39 is 23.6 Å². The normalized spacial score (nSPS) is 16.3. The highest BCUT2D eigenvalue weighted by Gasteiger charge is 2.64. The van der Waals surface area contributed by atoms with Gasteiger partial charge in [0, 0.05) is 18.0 Å². The topological polar surface area (TPSA) is 100 Å². The van der Waals surface area contributed by atoms with Crippen LogP contribution in [-0.4, -0.2) is 45.7 Å². The lowest BCUT2D eigenvalue weighted by Crippen LogP contribution is -2.29. The van der Waals surface area contributed by atoms with Gasteiger partial charge in [0.25, 0.3) is 5.82 Å². The quantitative estimate of drug-likeness (QED) is 0.487. The van der Waals surface area contributed by atoms with Crippen molar-refractivity contribution < 1.29 is 26.3 Å². The van der Waals surface area contributed by atoms with E-state index in [4.69, 9.17) is 0 Å². The van der Waals surface area contributed by atoms with Gasteiger partial charge in [-0.2, -0.15) is 26.3 Å². The maximum atomic E-state index is 13.5. The van der Waals surface area contributed by atoms with Crippen LogP contribution in [0.1, 0.15) is 24.2 Å². The Hall–Kier alpha value is -3.45. The first-order valence-electron chi connectivity index (χ1n) is 8.54. The molecule has 0 bridgehead atoms. The molecule has 0 saturated heterocycles. The number of nitrogens with one attached hydrogen (secondary N) is 2. The number of hydrogen-bond donors (Lipinski definition) is 2. The van der Waals surface area contributed by atoms with E-state index in [-0.39, 0.29) is 41.4 Å². The lowest BCUT2D eigenvalue weighted by Gasteiger charge is -2.19. The van der Waals surface area contributed by atoms with Crippen molar-refractivity contribution >= 4 is 5.78 Å². The molecule has 8 nitrogen and oxygen atoms in total. The van der Waals surface area contributed by atoms with E-state index in [1.54, 1.807) is 0 Å². The minimum atomic E-state index is -4.78. The molecule has 4 aromatic rings. The van der Waals surface area contributed by atoms with Crippen LogP contribution < -0.4 is 0 Å². The molecule has 0 atom stereocenters. The molecule has 1 aliphatic carbocycles. The average molecular weight is 428 g/mol. The maximum absolute atomic E-state index is 13.5. The predicted molar refractivity (Wildman–Crippen MR) is 87.9 cm³/mol. The van der Waals surface area contributed by atoms with E-state index in [1.165, 1.54) is 23.1 Å². The zero-order valence-corrected chi connectivity index (χ0v) is 14.7. The number of H-pyrrole nitrogens is 2. The van der Waals surface area contributed by atoms with Crippen LogP contribution >= 0.6 is 0 Å². The number of nitrogens with zero attached hydrogens (tertiary/aromatic N) is 6. The fourth-order valence-corrected chi connectivity index (χ4v) is 3.34. The van der Waals surface area contributed by atoms with Gasteiger partial charge in [-0.15, -0.1) is 5.10 Å². The van der Waals surface area contributed by atoms with Gasteiger partial charge in [-0.25, -0.2) is 19.9 Å². The molecule has 0 radical (unpaired) electrons. The molecule has 0 aromatic carbocycles. The monoisotopic (exact) mass is 428 g/mol. The molecule has 0 unspecified atom stereocenters. The number of fused-ring (bicyclic) bond motifs is 1. The summed E-state index contributed by atoms with van der Waals surface area (Å²) in [7, 11) is 0. The Morgan fingerprint density at radius 1 is 1.03 bits per heavy atom. The van der Waals surface area contributed by atoms with Gasteiger partial charge in [-0.05, 0) is 12.8 Å². The summed E-state index contributed by atoms with van der Waals surface area (Å²) in [5, 5.41) is 5.32. The number of rotatable bonds is 3. The van der Waals surface area contributed by atoms with Gasteiger partial charge in [0.1, 0.15) is 11.4 Å². The summed E-state index contributed by atoms with van der Waals surface area (Å²) in [5.41, 5.74) is -1.65. The van der Waals surface area contributed by atoms with Gasteiger partial charge in [-0.1, -0.05) is 0 Å². The molecule has 1 saturated carbocycles. The van der Waals surface area contributed by atoms with E-state index in [0.717, 1.165) is 6.20 Å². The Balaban J connectivity index is 1.73. The number of aromatic amines is 2. The van der Waals surface area contributed by atoms with Gasteiger partial charge in [0.15, 0.2) is 5.82 Å². The highest BCUT2D eigenvalue weighted by molar-refractivity contribution is 5.76. The van der Waals surface area contributed by atoms with E-state index >= 15 is 0 Å². The number of hydrogen-bond acceptors (Lipinski definition) is 5. The smallest absolute Gasteiger partial charge is 0.343 e. The third-order valence-corrected chi connectivity index (χ3v) is 5.04. The van der Waals surface area contributed by atoms with Crippen LogP contribution in [0.5, 0.6) is 0 Å². The SMILES string of the molecule is FC(F)(F)c1n[nH]c(-c2nc3ncc(C4(C(F)(F)F)CC4)cn3c2-c2cnc[nH]2)n1. The molecule has 5 rings (SSSR count). The zero-order chi connectivity index (χ0) is 21.3. The summed E-state index contributed by atoms with van der Waals surface area (Å²) in [6, 6.07) is 0. The predicted octanol–water partition coefficient (Wildman–Crippen LogP) is 3.52. The standard InChI is InChI=1S/C16H10F6N8/c17-15(18,19)12-27-11(28-29-12)9-10(8-4-23-6-25-8)30-5-7(3-24-13(30)26-9)14(1-2-14)16(20,21)22/h3-6H,1-2H2,(H,23,25)(H,27,28,29). The first kappa shape index (κ1) is 18.6. The van der Waals surface area contributed by atoms with Crippen LogP contribution in [0, 0.1) is 0 Å². The molecule has 0 amide bonds. The van der Waals surface area contributed by atoms with Crippen molar-refractivity contribution in [2.24, 2.45) is 0 Å². The summed E-state index contributed by atoms with van der Waals surface area (Å²) < 4.78 is 80.6. The Morgan fingerprint density at radius 2 is 1.80 bits per heavy atom. The second-order valence-corrected chi connectivity index (χ2v) is 6.87. The molecule has 14 heteroatoms. The molecule has 1 fully saturated rings. The van der Waals surface area contributed by atoms with Gasteiger partial charge in [0.05, 0.1) is 23.6 Å². The van der Waals surface area contributed by atoms with Crippen molar-refractivity contribution in [3.8, 4) is 22.9 Å². The van der Waals surface area contributed by atoms with Crippen molar-refractivity contribution in [2.45, 2.75) is 30.6 Å². The summed E-state index contributed by atoms with van der Waals surface area (Å²) in [5.74, 6) is -1.72. The minimum Gasteiger partial charge on any atom is -0.343 e. The van der Waals surface area contributed by atoms with Crippen molar-refractivity contribution in [3.63, 3.8) is 0 Å². The van der Waals surface area contributed by atoms with Crippen molar-refractivity contribution in [3.05, 3.63) is 36.3 Å². The second kappa shape index (κ2) is 5.79. The Morgan fingerprint density at radius 3 is 2.37 bits per heavy atom. The number of aromatic nitrogens is 8. The molecule has 0 spiro atoms. The van der Waals surface area contributed by atoms with Crippen molar-refractivity contribution in [2.75, 3.05) is 0 Å². The summed E-state index contributed by atoms with van der Waals surface area (Å²) in [6.45, 7) is 0. The largest absolute Gasteiger partial charge is 0.453 e. The van der Waals surface area contributed by atoms with Gasteiger partial charge < -0.3 is 4.98 Å². The Labute approximate surface area is 162 Å². The minimum absolute atomic E-state index is 0.0127.